The molecule has 0 saturated heterocycles. The lowest BCUT2D eigenvalue weighted by molar-refractivity contribution is 0.0709. The Labute approximate surface area is 108 Å². The van der Waals surface area contributed by atoms with Crippen LogP contribution < -0.4 is 0 Å². The summed E-state index contributed by atoms with van der Waals surface area (Å²) >= 11 is 0. The van der Waals surface area contributed by atoms with Crippen molar-refractivity contribution >= 4 is 0 Å². The molecule has 0 amide bonds. The Morgan fingerprint density at radius 3 is 2.50 bits per heavy atom. The number of rotatable bonds is 6. The van der Waals surface area contributed by atoms with E-state index in [0.29, 0.717) is 18.7 Å². The Bertz CT molecular complexity index is 397. The molecule has 18 heavy (non-hydrogen) atoms. The summed E-state index contributed by atoms with van der Waals surface area (Å²) < 4.78 is 5.08. The average molecular weight is 248 g/mol. The van der Waals surface area contributed by atoms with Crippen LogP contribution in [-0.4, -0.2) is 43.4 Å². The van der Waals surface area contributed by atoms with Gasteiger partial charge >= 0.3 is 0 Å². The van der Waals surface area contributed by atoms with E-state index < -0.39 is 6.10 Å². The fraction of sp³-hybridized carbons (Fsp3) is 0.500. The van der Waals surface area contributed by atoms with Crippen LogP contribution in [0.25, 0.3) is 0 Å². The summed E-state index contributed by atoms with van der Waals surface area (Å²) in [6, 6.07) is 9.33. The van der Waals surface area contributed by atoms with Crippen LogP contribution in [0.15, 0.2) is 24.3 Å². The van der Waals surface area contributed by atoms with Crippen LogP contribution in [0.1, 0.15) is 24.2 Å². The Morgan fingerprint density at radius 1 is 1.39 bits per heavy atom. The van der Waals surface area contributed by atoms with Gasteiger partial charge in [0.05, 0.1) is 24.3 Å². The summed E-state index contributed by atoms with van der Waals surface area (Å²) in [7, 11) is 3.62. The SMILES string of the molecule is COCC(C)N(C)CC(O)c1ccc(C#N)cc1. The normalized spacial score (nSPS) is 14.2. The molecule has 0 aromatic heterocycles. The van der Waals surface area contributed by atoms with E-state index in [1.807, 2.05) is 11.9 Å². The molecule has 1 aromatic carbocycles. The van der Waals surface area contributed by atoms with Crippen LogP contribution in [0.5, 0.6) is 0 Å². The maximum Gasteiger partial charge on any atom is 0.0991 e. The minimum absolute atomic E-state index is 0.253. The van der Waals surface area contributed by atoms with Crippen molar-refractivity contribution in [2.75, 3.05) is 27.3 Å². The minimum atomic E-state index is -0.554. The van der Waals surface area contributed by atoms with E-state index in [4.69, 9.17) is 10.00 Å². The third-order valence-corrected chi connectivity index (χ3v) is 3.05. The molecule has 98 valence electrons. The van der Waals surface area contributed by atoms with Crippen molar-refractivity contribution in [2.45, 2.75) is 19.1 Å². The summed E-state index contributed by atoms with van der Waals surface area (Å²) in [6.07, 6.45) is -0.554. The molecule has 4 heteroatoms. The van der Waals surface area contributed by atoms with Crippen molar-refractivity contribution in [1.29, 1.82) is 5.26 Å². The number of nitriles is 1. The summed E-state index contributed by atoms with van der Waals surface area (Å²) in [5.74, 6) is 0. The zero-order chi connectivity index (χ0) is 13.5. The van der Waals surface area contributed by atoms with Gasteiger partial charge in [-0.2, -0.15) is 5.26 Å². The van der Waals surface area contributed by atoms with E-state index >= 15 is 0 Å². The quantitative estimate of drug-likeness (QED) is 0.830. The van der Waals surface area contributed by atoms with Crippen molar-refractivity contribution < 1.29 is 9.84 Å². The predicted molar refractivity (Wildman–Crippen MR) is 70.1 cm³/mol. The molecule has 2 unspecified atom stereocenters. The van der Waals surface area contributed by atoms with Crippen LogP contribution >= 0.6 is 0 Å². The number of aliphatic hydroxyl groups is 1. The summed E-state index contributed by atoms with van der Waals surface area (Å²) in [5, 5.41) is 18.8. The van der Waals surface area contributed by atoms with Gasteiger partial charge in [-0.25, -0.2) is 0 Å². The topological polar surface area (TPSA) is 56.5 Å². The van der Waals surface area contributed by atoms with Crippen molar-refractivity contribution in [1.82, 2.24) is 4.90 Å². The summed E-state index contributed by atoms with van der Waals surface area (Å²) in [4.78, 5) is 2.05. The summed E-state index contributed by atoms with van der Waals surface area (Å²) in [6.45, 7) is 3.22. The van der Waals surface area contributed by atoms with Crippen molar-refractivity contribution in [3.8, 4) is 6.07 Å². The highest BCUT2D eigenvalue weighted by molar-refractivity contribution is 5.32. The van der Waals surface area contributed by atoms with Crippen LogP contribution in [0.3, 0.4) is 0 Å². The second kappa shape index (κ2) is 7.12. The number of methoxy groups -OCH3 is 1. The largest absolute Gasteiger partial charge is 0.387 e. The van der Waals surface area contributed by atoms with Gasteiger partial charge in [-0.1, -0.05) is 12.1 Å². The fourth-order valence-corrected chi connectivity index (χ4v) is 1.71. The highest BCUT2D eigenvalue weighted by Gasteiger charge is 2.15. The number of likely N-dealkylation sites (N-methyl/N-ethyl adjacent to an activating group) is 1. The van der Waals surface area contributed by atoms with Gasteiger partial charge in [-0.15, -0.1) is 0 Å². The molecule has 0 heterocycles. The van der Waals surface area contributed by atoms with Gasteiger partial charge in [0.2, 0.25) is 0 Å². The molecule has 0 radical (unpaired) electrons. The third-order valence-electron chi connectivity index (χ3n) is 3.05. The molecule has 2 atom stereocenters. The lowest BCUT2D eigenvalue weighted by Crippen LogP contribution is -2.35. The van der Waals surface area contributed by atoms with Crippen molar-refractivity contribution in [3.63, 3.8) is 0 Å². The zero-order valence-electron chi connectivity index (χ0n) is 11.1. The van der Waals surface area contributed by atoms with E-state index in [0.717, 1.165) is 5.56 Å². The molecule has 0 aliphatic carbocycles. The molecule has 1 N–H and O–H groups in total. The summed E-state index contributed by atoms with van der Waals surface area (Å²) in [5.41, 5.74) is 1.43. The molecule has 0 fully saturated rings. The first-order chi connectivity index (χ1) is 8.58. The first-order valence-corrected chi connectivity index (χ1v) is 5.95. The Kier molecular flexibility index (Phi) is 5.79. The van der Waals surface area contributed by atoms with Gasteiger partial charge in [0.15, 0.2) is 0 Å². The number of nitrogens with zero attached hydrogens (tertiary/aromatic N) is 2. The number of hydrogen-bond acceptors (Lipinski definition) is 4. The molecule has 0 spiro atoms. The fourth-order valence-electron chi connectivity index (χ4n) is 1.71. The molecule has 0 bridgehead atoms. The Hall–Kier alpha value is -1.41. The highest BCUT2D eigenvalue weighted by Crippen LogP contribution is 2.15. The molecule has 0 aliphatic rings. The molecule has 1 aromatic rings. The van der Waals surface area contributed by atoms with E-state index in [2.05, 4.69) is 13.0 Å². The molecule has 0 aliphatic heterocycles. The zero-order valence-corrected chi connectivity index (χ0v) is 11.1. The van der Waals surface area contributed by atoms with Gasteiger partial charge in [0.1, 0.15) is 0 Å². The maximum atomic E-state index is 10.1. The van der Waals surface area contributed by atoms with Gasteiger partial charge in [0.25, 0.3) is 0 Å². The monoisotopic (exact) mass is 248 g/mol. The molecular formula is C14H20N2O2. The number of hydrogen-bond donors (Lipinski definition) is 1. The van der Waals surface area contributed by atoms with Crippen molar-refractivity contribution in [2.24, 2.45) is 0 Å². The average Bonchev–Trinajstić information content (AvgIpc) is 2.39. The first-order valence-electron chi connectivity index (χ1n) is 5.95. The van der Waals surface area contributed by atoms with Crippen molar-refractivity contribution in [3.05, 3.63) is 35.4 Å². The van der Waals surface area contributed by atoms with E-state index in [-0.39, 0.29) is 6.04 Å². The van der Waals surface area contributed by atoms with Crippen LogP contribution in [0.4, 0.5) is 0 Å². The lowest BCUT2D eigenvalue weighted by Gasteiger charge is -2.26. The second-order valence-corrected chi connectivity index (χ2v) is 4.49. The number of benzene rings is 1. The second-order valence-electron chi connectivity index (χ2n) is 4.49. The number of ether oxygens (including phenoxy) is 1. The smallest absolute Gasteiger partial charge is 0.0991 e. The minimum Gasteiger partial charge on any atom is -0.387 e. The number of aliphatic hydroxyl groups excluding tert-OH is 1. The molecule has 0 saturated carbocycles. The van der Waals surface area contributed by atoms with E-state index in [1.165, 1.54) is 0 Å². The van der Waals surface area contributed by atoms with Gasteiger partial charge < -0.3 is 9.84 Å². The van der Waals surface area contributed by atoms with Crippen LogP contribution in [-0.2, 0) is 4.74 Å². The van der Waals surface area contributed by atoms with E-state index in [9.17, 15) is 5.11 Å². The van der Waals surface area contributed by atoms with Gasteiger partial charge in [-0.3, -0.25) is 4.90 Å². The molecular weight excluding hydrogens is 228 g/mol. The first kappa shape index (κ1) is 14.7. The molecule has 4 nitrogen and oxygen atoms in total. The Morgan fingerprint density at radius 2 is 2.00 bits per heavy atom. The third kappa shape index (κ3) is 4.11. The van der Waals surface area contributed by atoms with E-state index in [1.54, 1.807) is 31.4 Å². The van der Waals surface area contributed by atoms with Gasteiger partial charge in [-0.05, 0) is 31.7 Å². The maximum absolute atomic E-state index is 10.1. The Balaban J connectivity index is 2.58. The lowest BCUT2D eigenvalue weighted by atomic mass is 10.1. The standard InChI is InChI=1S/C14H20N2O2/c1-11(10-18-3)16(2)9-14(17)13-6-4-12(8-15)5-7-13/h4-7,11,14,17H,9-10H2,1-3H3. The van der Waals surface area contributed by atoms with Gasteiger partial charge in [0, 0.05) is 19.7 Å². The van der Waals surface area contributed by atoms with Crippen LogP contribution in [0.2, 0.25) is 0 Å². The highest BCUT2D eigenvalue weighted by atomic mass is 16.5. The molecule has 1 rings (SSSR count). The van der Waals surface area contributed by atoms with Crippen LogP contribution in [0, 0.1) is 11.3 Å². The predicted octanol–water partition coefficient (Wildman–Crippen LogP) is 1.56.